The van der Waals surface area contributed by atoms with Crippen LogP contribution in [-0.2, 0) is 9.59 Å². The number of anilines is 2. The molecular formula is C22H26N2O3. The molecule has 5 nitrogen and oxygen atoms in total. The van der Waals surface area contributed by atoms with E-state index < -0.39 is 0 Å². The molecule has 0 fully saturated rings. The van der Waals surface area contributed by atoms with E-state index in [9.17, 15) is 9.59 Å². The second kappa shape index (κ2) is 7.82. The van der Waals surface area contributed by atoms with Crippen LogP contribution in [0.2, 0.25) is 0 Å². The Labute approximate surface area is 160 Å². The van der Waals surface area contributed by atoms with Crippen LogP contribution in [0.1, 0.15) is 35.1 Å². The maximum atomic E-state index is 12.4. The van der Waals surface area contributed by atoms with E-state index in [1.54, 1.807) is 4.90 Å². The van der Waals surface area contributed by atoms with Crippen LogP contribution in [-0.4, -0.2) is 25.0 Å². The Morgan fingerprint density at radius 3 is 2.48 bits per heavy atom. The number of aryl methyl sites for hydroxylation is 4. The minimum atomic E-state index is -0.0706. The van der Waals surface area contributed by atoms with Crippen LogP contribution in [0.15, 0.2) is 30.3 Å². The summed E-state index contributed by atoms with van der Waals surface area (Å²) < 4.78 is 5.49. The summed E-state index contributed by atoms with van der Waals surface area (Å²) in [6.07, 6.45) is 0.952. The van der Waals surface area contributed by atoms with Crippen molar-refractivity contribution in [2.75, 3.05) is 23.4 Å². The molecule has 0 spiro atoms. The molecule has 0 atom stereocenters. The Morgan fingerprint density at radius 2 is 1.78 bits per heavy atom. The molecule has 0 aliphatic carbocycles. The average molecular weight is 366 g/mol. The minimum Gasteiger partial charge on any atom is -0.482 e. The van der Waals surface area contributed by atoms with Crippen LogP contribution in [0.4, 0.5) is 11.4 Å². The van der Waals surface area contributed by atoms with Gasteiger partial charge in [-0.1, -0.05) is 23.8 Å². The predicted molar refractivity (Wildman–Crippen MR) is 108 cm³/mol. The van der Waals surface area contributed by atoms with Gasteiger partial charge in [-0.2, -0.15) is 0 Å². The van der Waals surface area contributed by atoms with Gasteiger partial charge in [-0.3, -0.25) is 9.59 Å². The highest BCUT2D eigenvalue weighted by molar-refractivity contribution is 5.98. The third kappa shape index (κ3) is 4.30. The summed E-state index contributed by atoms with van der Waals surface area (Å²) in [4.78, 5) is 26.4. The zero-order valence-corrected chi connectivity index (χ0v) is 16.4. The van der Waals surface area contributed by atoms with E-state index >= 15 is 0 Å². The Balaban J connectivity index is 1.61. The summed E-state index contributed by atoms with van der Waals surface area (Å²) in [5.74, 6) is 0.615. The fourth-order valence-corrected chi connectivity index (χ4v) is 3.53. The van der Waals surface area contributed by atoms with Gasteiger partial charge in [0.15, 0.2) is 6.61 Å². The lowest BCUT2D eigenvalue weighted by Crippen LogP contribution is -2.39. The first kappa shape index (κ1) is 19.0. The van der Waals surface area contributed by atoms with E-state index in [2.05, 4.69) is 17.4 Å². The topological polar surface area (TPSA) is 58.6 Å². The monoisotopic (exact) mass is 366 g/mol. The van der Waals surface area contributed by atoms with Gasteiger partial charge >= 0.3 is 0 Å². The number of carbonyl (C=O) groups excluding carboxylic acids is 2. The van der Waals surface area contributed by atoms with E-state index in [0.717, 1.165) is 33.8 Å². The number of fused-ring (bicyclic) bond motifs is 1. The lowest BCUT2D eigenvalue weighted by Gasteiger charge is -2.29. The van der Waals surface area contributed by atoms with E-state index in [1.807, 2.05) is 45.9 Å². The van der Waals surface area contributed by atoms with Gasteiger partial charge in [0.05, 0.1) is 5.69 Å². The molecule has 27 heavy (non-hydrogen) atoms. The molecule has 1 heterocycles. The zero-order valence-electron chi connectivity index (χ0n) is 16.4. The normalized spacial score (nSPS) is 13.2. The smallest absolute Gasteiger partial charge is 0.265 e. The third-order valence-corrected chi connectivity index (χ3v) is 4.78. The summed E-state index contributed by atoms with van der Waals surface area (Å²) >= 11 is 0. The Kier molecular flexibility index (Phi) is 5.49. The number of rotatable bonds is 5. The summed E-state index contributed by atoms with van der Waals surface area (Å²) in [5.41, 5.74) is 6.05. The molecule has 1 aliphatic rings. The molecule has 0 saturated carbocycles. The Bertz CT molecular complexity index is 866. The van der Waals surface area contributed by atoms with Crippen molar-refractivity contribution in [1.82, 2.24) is 0 Å². The van der Waals surface area contributed by atoms with Gasteiger partial charge in [-0.25, -0.2) is 0 Å². The summed E-state index contributed by atoms with van der Waals surface area (Å²) in [7, 11) is 0. The second-order valence-corrected chi connectivity index (χ2v) is 7.23. The fourth-order valence-electron chi connectivity index (χ4n) is 3.53. The molecule has 1 N–H and O–H groups in total. The Hall–Kier alpha value is -2.82. The standard InChI is InChI=1S/C22H26N2O3/c1-14-7-8-19-18(12-14)24(21(26)13-27-19)9-5-6-20(25)23-22-16(3)10-15(2)11-17(22)4/h7-8,10-12H,5-6,9,13H2,1-4H3,(H,23,25). The number of carbonyl (C=O) groups is 2. The van der Waals surface area contributed by atoms with Crippen molar-refractivity contribution in [1.29, 1.82) is 0 Å². The van der Waals surface area contributed by atoms with Crippen LogP contribution in [0.5, 0.6) is 5.75 Å². The number of benzene rings is 2. The molecule has 2 aromatic carbocycles. The van der Waals surface area contributed by atoms with Crippen molar-refractivity contribution in [2.45, 2.75) is 40.5 Å². The van der Waals surface area contributed by atoms with Crippen molar-refractivity contribution in [2.24, 2.45) is 0 Å². The SMILES string of the molecule is Cc1cc(C)c(NC(=O)CCCN2C(=O)COc3ccc(C)cc32)c(C)c1. The molecule has 0 radical (unpaired) electrons. The number of ether oxygens (including phenoxy) is 1. The van der Waals surface area contributed by atoms with Crippen molar-refractivity contribution < 1.29 is 14.3 Å². The molecule has 0 bridgehead atoms. The first-order chi connectivity index (χ1) is 12.8. The molecule has 5 heteroatoms. The van der Waals surface area contributed by atoms with E-state index in [1.165, 1.54) is 5.56 Å². The van der Waals surface area contributed by atoms with Gasteiger partial charge < -0.3 is 15.0 Å². The lowest BCUT2D eigenvalue weighted by molar-refractivity contribution is -0.121. The maximum Gasteiger partial charge on any atom is 0.265 e. The largest absolute Gasteiger partial charge is 0.482 e. The average Bonchev–Trinajstić information content (AvgIpc) is 2.60. The van der Waals surface area contributed by atoms with Crippen LogP contribution < -0.4 is 15.0 Å². The summed E-state index contributed by atoms with van der Waals surface area (Å²) in [6.45, 7) is 8.58. The van der Waals surface area contributed by atoms with Crippen LogP contribution in [0, 0.1) is 27.7 Å². The van der Waals surface area contributed by atoms with Crippen LogP contribution in [0.3, 0.4) is 0 Å². The zero-order chi connectivity index (χ0) is 19.6. The number of amides is 2. The van der Waals surface area contributed by atoms with Gasteiger partial charge in [0.2, 0.25) is 5.91 Å². The predicted octanol–water partition coefficient (Wildman–Crippen LogP) is 4.06. The molecule has 1 aliphatic heterocycles. The summed E-state index contributed by atoms with van der Waals surface area (Å²) in [6, 6.07) is 9.93. The maximum absolute atomic E-state index is 12.4. The second-order valence-electron chi connectivity index (χ2n) is 7.23. The van der Waals surface area contributed by atoms with Crippen molar-refractivity contribution in [3.63, 3.8) is 0 Å². The molecular weight excluding hydrogens is 340 g/mol. The Morgan fingerprint density at radius 1 is 1.07 bits per heavy atom. The highest BCUT2D eigenvalue weighted by Crippen LogP contribution is 2.33. The fraction of sp³-hybridized carbons (Fsp3) is 0.364. The molecule has 142 valence electrons. The molecule has 0 saturated heterocycles. The minimum absolute atomic E-state index is 0.0322. The van der Waals surface area contributed by atoms with Crippen molar-refractivity contribution >= 4 is 23.2 Å². The molecule has 2 aromatic rings. The van der Waals surface area contributed by atoms with Gasteiger partial charge in [0.1, 0.15) is 5.75 Å². The van der Waals surface area contributed by atoms with E-state index in [-0.39, 0.29) is 18.4 Å². The number of nitrogens with zero attached hydrogens (tertiary/aromatic N) is 1. The lowest BCUT2D eigenvalue weighted by atomic mass is 10.0. The molecule has 2 amide bonds. The van der Waals surface area contributed by atoms with Crippen LogP contribution in [0.25, 0.3) is 0 Å². The van der Waals surface area contributed by atoms with Gasteiger partial charge in [-0.15, -0.1) is 0 Å². The highest BCUT2D eigenvalue weighted by atomic mass is 16.5. The summed E-state index contributed by atoms with van der Waals surface area (Å²) in [5, 5.41) is 3.02. The van der Waals surface area contributed by atoms with Gasteiger partial charge in [-0.05, 0) is 62.9 Å². The first-order valence-corrected chi connectivity index (χ1v) is 9.26. The van der Waals surface area contributed by atoms with Gasteiger partial charge in [0.25, 0.3) is 5.91 Å². The quantitative estimate of drug-likeness (QED) is 0.868. The van der Waals surface area contributed by atoms with Crippen molar-refractivity contribution in [3.05, 3.63) is 52.6 Å². The van der Waals surface area contributed by atoms with Crippen LogP contribution >= 0.6 is 0 Å². The molecule has 0 aromatic heterocycles. The third-order valence-electron chi connectivity index (χ3n) is 4.78. The first-order valence-electron chi connectivity index (χ1n) is 9.26. The number of hydrogen-bond acceptors (Lipinski definition) is 3. The van der Waals surface area contributed by atoms with E-state index in [0.29, 0.717) is 19.4 Å². The molecule has 0 unspecified atom stereocenters. The number of nitrogens with one attached hydrogen (secondary N) is 1. The van der Waals surface area contributed by atoms with Gasteiger partial charge in [0, 0.05) is 18.7 Å². The highest BCUT2D eigenvalue weighted by Gasteiger charge is 2.25. The van der Waals surface area contributed by atoms with Crippen molar-refractivity contribution in [3.8, 4) is 5.75 Å². The van der Waals surface area contributed by atoms with E-state index in [4.69, 9.17) is 4.74 Å². The number of hydrogen-bond donors (Lipinski definition) is 1. The molecule has 3 rings (SSSR count).